The highest BCUT2D eigenvalue weighted by Gasteiger charge is 1.98. The number of hydrogen-bond donors (Lipinski definition) is 1. The molecule has 0 spiro atoms. The van der Waals surface area contributed by atoms with Gasteiger partial charge in [-0.3, -0.25) is 0 Å². The van der Waals surface area contributed by atoms with Crippen molar-refractivity contribution in [1.29, 1.82) is 0 Å². The lowest BCUT2D eigenvalue weighted by Crippen LogP contribution is -2.09. The van der Waals surface area contributed by atoms with Gasteiger partial charge < -0.3 is 10.1 Å². The Labute approximate surface area is 82.3 Å². The second-order valence-electron chi connectivity index (χ2n) is 2.58. The Bertz CT molecular complexity index is 260. The van der Waals surface area contributed by atoms with Crippen molar-refractivity contribution in [2.45, 2.75) is 6.92 Å². The van der Waals surface area contributed by atoms with Gasteiger partial charge in [-0.15, -0.1) is 0 Å². The van der Waals surface area contributed by atoms with Crippen LogP contribution in [0.2, 0.25) is 5.28 Å². The summed E-state index contributed by atoms with van der Waals surface area (Å²) in [6.45, 7) is 3.22. The molecule has 0 aliphatic carbocycles. The molecule has 0 aliphatic heterocycles. The predicted octanol–water partition coefficient (Wildman–Crippen LogP) is 1.50. The molecule has 13 heavy (non-hydrogen) atoms. The minimum atomic E-state index is 0.264. The average Bonchev–Trinajstić information content (AvgIpc) is 2.03. The van der Waals surface area contributed by atoms with Gasteiger partial charge in [-0.25, -0.2) is 9.97 Å². The van der Waals surface area contributed by atoms with Crippen LogP contribution < -0.4 is 5.32 Å². The summed E-state index contributed by atoms with van der Waals surface area (Å²) in [6, 6.07) is 1.83. The molecule has 4 nitrogen and oxygen atoms in total. The summed E-state index contributed by atoms with van der Waals surface area (Å²) in [7, 11) is 1.65. The Kier molecular flexibility index (Phi) is 3.92. The first-order valence-corrected chi connectivity index (χ1v) is 4.34. The number of nitrogens with zero attached hydrogens (tertiary/aromatic N) is 2. The lowest BCUT2D eigenvalue weighted by molar-refractivity contribution is 0.210. The molecule has 0 unspecified atom stereocenters. The molecule has 5 heteroatoms. The lowest BCUT2D eigenvalue weighted by atomic mass is 10.4. The molecule has 1 rings (SSSR count). The molecule has 0 aliphatic rings. The topological polar surface area (TPSA) is 47.0 Å². The third kappa shape index (κ3) is 3.57. The highest BCUT2D eigenvalue weighted by Crippen LogP contribution is 2.08. The summed E-state index contributed by atoms with van der Waals surface area (Å²) in [5, 5.41) is 3.33. The summed E-state index contributed by atoms with van der Waals surface area (Å²) >= 11 is 5.67. The van der Waals surface area contributed by atoms with Crippen molar-refractivity contribution in [2.24, 2.45) is 0 Å². The van der Waals surface area contributed by atoms with E-state index in [9.17, 15) is 0 Å². The largest absolute Gasteiger partial charge is 0.383 e. The molecule has 0 aromatic carbocycles. The van der Waals surface area contributed by atoms with Crippen molar-refractivity contribution >= 4 is 17.4 Å². The lowest BCUT2D eigenvalue weighted by Gasteiger charge is -2.05. The van der Waals surface area contributed by atoms with Crippen LogP contribution in [-0.2, 0) is 4.74 Å². The molecule has 0 fully saturated rings. The van der Waals surface area contributed by atoms with Gasteiger partial charge in [0.15, 0.2) is 0 Å². The Morgan fingerprint density at radius 3 is 2.92 bits per heavy atom. The quantitative estimate of drug-likeness (QED) is 0.593. The highest BCUT2D eigenvalue weighted by molar-refractivity contribution is 6.28. The number of aromatic nitrogens is 2. The normalized spacial score (nSPS) is 10.1. The number of methoxy groups -OCH3 is 1. The molecule has 1 aromatic rings. The van der Waals surface area contributed by atoms with Gasteiger partial charge in [0.1, 0.15) is 5.82 Å². The van der Waals surface area contributed by atoms with Gasteiger partial charge in [0.05, 0.1) is 6.61 Å². The van der Waals surface area contributed by atoms with E-state index in [-0.39, 0.29) is 5.28 Å². The van der Waals surface area contributed by atoms with E-state index >= 15 is 0 Å². The standard InChI is InChI=1S/C8H12ClN3O/c1-6-5-7(10-3-4-13-2)12-8(9)11-6/h5H,3-4H2,1-2H3,(H,10,11,12). The maximum atomic E-state index is 5.67. The molecular weight excluding hydrogens is 190 g/mol. The minimum Gasteiger partial charge on any atom is -0.383 e. The number of anilines is 1. The Balaban J connectivity index is 2.56. The summed E-state index contributed by atoms with van der Waals surface area (Å²) in [4.78, 5) is 7.94. The number of ether oxygens (including phenoxy) is 1. The van der Waals surface area contributed by atoms with E-state index in [2.05, 4.69) is 15.3 Å². The fourth-order valence-corrected chi connectivity index (χ4v) is 1.13. The first-order valence-electron chi connectivity index (χ1n) is 3.96. The van der Waals surface area contributed by atoms with Crippen molar-refractivity contribution < 1.29 is 4.74 Å². The Morgan fingerprint density at radius 2 is 2.31 bits per heavy atom. The van der Waals surface area contributed by atoms with Gasteiger partial charge >= 0.3 is 0 Å². The zero-order valence-corrected chi connectivity index (χ0v) is 8.43. The number of aryl methyl sites for hydroxylation is 1. The summed E-state index contributed by atoms with van der Waals surface area (Å²) in [6.07, 6.45) is 0. The van der Waals surface area contributed by atoms with Gasteiger partial charge in [0, 0.05) is 25.4 Å². The molecular formula is C8H12ClN3O. The molecule has 0 atom stereocenters. The summed E-state index contributed by atoms with van der Waals surface area (Å²) in [5.74, 6) is 0.731. The zero-order chi connectivity index (χ0) is 9.68. The third-order valence-electron chi connectivity index (χ3n) is 1.44. The maximum Gasteiger partial charge on any atom is 0.224 e. The molecule has 72 valence electrons. The van der Waals surface area contributed by atoms with Crippen LogP contribution in [0.3, 0.4) is 0 Å². The van der Waals surface area contributed by atoms with Crippen LogP contribution in [0.5, 0.6) is 0 Å². The zero-order valence-electron chi connectivity index (χ0n) is 7.67. The van der Waals surface area contributed by atoms with Gasteiger partial charge in [0.25, 0.3) is 0 Å². The summed E-state index contributed by atoms with van der Waals surface area (Å²) < 4.78 is 4.89. The Morgan fingerprint density at radius 1 is 1.54 bits per heavy atom. The first-order chi connectivity index (χ1) is 6.22. The molecule has 1 heterocycles. The smallest absolute Gasteiger partial charge is 0.224 e. The number of rotatable bonds is 4. The summed E-state index contributed by atoms with van der Waals surface area (Å²) in [5.41, 5.74) is 0.847. The first kappa shape index (κ1) is 10.2. The van der Waals surface area contributed by atoms with E-state index in [1.807, 2.05) is 13.0 Å². The van der Waals surface area contributed by atoms with Crippen LogP contribution >= 0.6 is 11.6 Å². The van der Waals surface area contributed by atoms with E-state index in [1.54, 1.807) is 7.11 Å². The molecule has 0 radical (unpaired) electrons. The highest BCUT2D eigenvalue weighted by atomic mass is 35.5. The number of hydrogen-bond acceptors (Lipinski definition) is 4. The van der Waals surface area contributed by atoms with Crippen molar-refractivity contribution in [3.63, 3.8) is 0 Å². The van der Waals surface area contributed by atoms with Gasteiger partial charge in [0.2, 0.25) is 5.28 Å². The molecule has 0 saturated heterocycles. The second kappa shape index (κ2) is 4.99. The van der Waals surface area contributed by atoms with E-state index in [4.69, 9.17) is 16.3 Å². The fraction of sp³-hybridized carbons (Fsp3) is 0.500. The van der Waals surface area contributed by atoms with Gasteiger partial charge in [-0.2, -0.15) is 0 Å². The van der Waals surface area contributed by atoms with Crippen molar-refractivity contribution in [1.82, 2.24) is 9.97 Å². The van der Waals surface area contributed by atoms with Crippen molar-refractivity contribution in [2.75, 3.05) is 25.6 Å². The molecule has 1 aromatic heterocycles. The van der Waals surface area contributed by atoms with Crippen LogP contribution in [0, 0.1) is 6.92 Å². The van der Waals surface area contributed by atoms with Gasteiger partial charge in [-0.1, -0.05) is 0 Å². The molecule has 1 N–H and O–H groups in total. The number of halogens is 1. The molecule has 0 amide bonds. The Hall–Kier alpha value is -0.870. The van der Waals surface area contributed by atoms with E-state index in [1.165, 1.54) is 0 Å². The van der Waals surface area contributed by atoms with Crippen LogP contribution in [0.4, 0.5) is 5.82 Å². The maximum absolute atomic E-state index is 5.67. The van der Waals surface area contributed by atoms with E-state index in [0.29, 0.717) is 13.2 Å². The van der Waals surface area contributed by atoms with Crippen molar-refractivity contribution in [3.05, 3.63) is 17.0 Å². The average molecular weight is 202 g/mol. The van der Waals surface area contributed by atoms with Crippen LogP contribution in [0.15, 0.2) is 6.07 Å². The molecule has 0 saturated carbocycles. The predicted molar refractivity (Wildman–Crippen MR) is 52.1 cm³/mol. The second-order valence-corrected chi connectivity index (χ2v) is 2.92. The van der Waals surface area contributed by atoms with Crippen LogP contribution in [0.25, 0.3) is 0 Å². The monoisotopic (exact) mass is 201 g/mol. The van der Waals surface area contributed by atoms with Gasteiger partial charge in [-0.05, 0) is 18.5 Å². The van der Waals surface area contributed by atoms with E-state index in [0.717, 1.165) is 11.5 Å². The van der Waals surface area contributed by atoms with Crippen molar-refractivity contribution in [3.8, 4) is 0 Å². The minimum absolute atomic E-state index is 0.264. The third-order valence-corrected chi connectivity index (χ3v) is 1.61. The SMILES string of the molecule is COCCNc1cc(C)nc(Cl)n1. The number of nitrogens with one attached hydrogen (secondary N) is 1. The van der Waals surface area contributed by atoms with Crippen LogP contribution in [-0.4, -0.2) is 30.2 Å². The van der Waals surface area contributed by atoms with E-state index < -0.39 is 0 Å². The van der Waals surface area contributed by atoms with Crippen LogP contribution in [0.1, 0.15) is 5.69 Å². The molecule has 0 bridgehead atoms. The fourth-order valence-electron chi connectivity index (χ4n) is 0.904.